The van der Waals surface area contributed by atoms with Crippen molar-refractivity contribution in [1.82, 2.24) is 4.98 Å². The molecule has 1 aromatic heterocycles. The van der Waals surface area contributed by atoms with Crippen LogP contribution in [0.5, 0.6) is 0 Å². The minimum atomic E-state index is -0.489. The van der Waals surface area contributed by atoms with Crippen molar-refractivity contribution < 1.29 is 4.92 Å². The van der Waals surface area contributed by atoms with Crippen LogP contribution < -0.4 is 0 Å². The molecule has 0 saturated heterocycles. The lowest BCUT2D eigenvalue weighted by Gasteiger charge is -1.96. The van der Waals surface area contributed by atoms with E-state index < -0.39 is 4.92 Å². The summed E-state index contributed by atoms with van der Waals surface area (Å²) >= 11 is 7.36. The van der Waals surface area contributed by atoms with Crippen LogP contribution in [-0.2, 0) is 0 Å². The van der Waals surface area contributed by atoms with Gasteiger partial charge in [-0.1, -0.05) is 35.9 Å². The van der Waals surface area contributed by atoms with Crippen LogP contribution in [0.4, 0.5) is 5.69 Å². The van der Waals surface area contributed by atoms with Crippen molar-refractivity contribution >= 4 is 51.0 Å². The number of para-hydroxylation sites is 1. The first kappa shape index (κ1) is 13.7. The van der Waals surface area contributed by atoms with Gasteiger partial charge >= 0.3 is 0 Å². The van der Waals surface area contributed by atoms with Gasteiger partial charge in [0, 0.05) is 6.07 Å². The zero-order valence-corrected chi connectivity index (χ0v) is 12.3. The normalized spacial score (nSPS) is 11.3. The molecule has 0 aliphatic carbocycles. The van der Waals surface area contributed by atoms with Crippen molar-refractivity contribution in [3.8, 4) is 0 Å². The van der Waals surface area contributed by atoms with E-state index in [9.17, 15) is 10.1 Å². The minimum absolute atomic E-state index is 0.0943. The van der Waals surface area contributed by atoms with Crippen LogP contribution in [0.2, 0.25) is 5.02 Å². The maximum absolute atomic E-state index is 10.9. The van der Waals surface area contributed by atoms with E-state index in [2.05, 4.69) is 4.98 Å². The van der Waals surface area contributed by atoms with Crippen LogP contribution in [0.15, 0.2) is 42.5 Å². The van der Waals surface area contributed by atoms with Gasteiger partial charge in [0.25, 0.3) is 5.69 Å². The van der Waals surface area contributed by atoms with Crippen LogP contribution in [0, 0.1) is 10.1 Å². The molecule has 1 heterocycles. The highest BCUT2D eigenvalue weighted by Crippen LogP contribution is 2.27. The standard InChI is InChI=1S/C15H9ClN2O2S/c16-11-7-5-10(9-13(11)18(19)20)6-8-15-17-12-3-1-2-4-14(12)21-15/h1-9H. The second kappa shape index (κ2) is 5.63. The first-order valence-corrected chi connectivity index (χ1v) is 7.30. The number of nitro groups is 1. The smallest absolute Gasteiger partial charge is 0.258 e. The van der Waals surface area contributed by atoms with E-state index in [1.165, 1.54) is 12.1 Å². The molecule has 0 spiro atoms. The third kappa shape index (κ3) is 2.94. The highest BCUT2D eigenvalue weighted by atomic mass is 35.5. The largest absolute Gasteiger partial charge is 0.288 e. The number of halogens is 1. The Morgan fingerprint density at radius 1 is 1.19 bits per heavy atom. The van der Waals surface area contributed by atoms with E-state index in [1.807, 2.05) is 30.3 Å². The summed E-state index contributed by atoms with van der Waals surface area (Å²) in [5.74, 6) is 0. The van der Waals surface area contributed by atoms with E-state index >= 15 is 0 Å². The molecular weight excluding hydrogens is 308 g/mol. The summed E-state index contributed by atoms with van der Waals surface area (Å²) in [5.41, 5.74) is 1.57. The Morgan fingerprint density at radius 2 is 2.00 bits per heavy atom. The topological polar surface area (TPSA) is 56.0 Å². The molecule has 0 aliphatic rings. The van der Waals surface area contributed by atoms with Crippen molar-refractivity contribution in [2.75, 3.05) is 0 Å². The Bertz CT molecular complexity index is 825. The second-order valence-corrected chi connectivity index (χ2v) is 5.79. The number of hydrogen-bond acceptors (Lipinski definition) is 4. The monoisotopic (exact) mass is 316 g/mol. The van der Waals surface area contributed by atoms with E-state index in [4.69, 9.17) is 11.6 Å². The van der Waals surface area contributed by atoms with Crippen molar-refractivity contribution in [3.63, 3.8) is 0 Å². The van der Waals surface area contributed by atoms with Crippen LogP contribution in [-0.4, -0.2) is 9.91 Å². The Hall–Kier alpha value is -2.24. The number of hydrogen-bond donors (Lipinski definition) is 0. The summed E-state index contributed by atoms with van der Waals surface area (Å²) < 4.78 is 1.11. The van der Waals surface area contributed by atoms with Gasteiger partial charge in [0.2, 0.25) is 0 Å². The summed E-state index contributed by atoms with van der Waals surface area (Å²) in [6, 6.07) is 12.6. The molecule has 0 radical (unpaired) electrons. The summed E-state index contributed by atoms with van der Waals surface area (Å²) in [7, 11) is 0. The lowest BCUT2D eigenvalue weighted by molar-refractivity contribution is -0.384. The Morgan fingerprint density at radius 3 is 2.76 bits per heavy atom. The van der Waals surface area contributed by atoms with E-state index in [0.717, 1.165) is 15.2 Å². The number of nitrogens with zero attached hydrogens (tertiary/aromatic N) is 2. The molecule has 0 saturated carbocycles. The number of rotatable bonds is 3. The van der Waals surface area contributed by atoms with Gasteiger partial charge in [-0.3, -0.25) is 10.1 Å². The number of fused-ring (bicyclic) bond motifs is 1. The second-order valence-electron chi connectivity index (χ2n) is 4.32. The highest BCUT2D eigenvalue weighted by molar-refractivity contribution is 7.19. The van der Waals surface area contributed by atoms with Gasteiger partial charge in [-0.2, -0.15) is 0 Å². The number of nitro benzene ring substituents is 1. The lowest BCUT2D eigenvalue weighted by Crippen LogP contribution is -1.89. The van der Waals surface area contributed by atoms with Crippen LogP contribution in [0.3, 0.4) is 0 Å². The van der Waals surface area contributed by atoms with Crippen LogP contribution >= 0.6 is 22.9 Å². The van der Waals surface area contributed by atoms with Gasteiger partial charge in [0.15, 0.2) is 0 Å². The number of benzene rings is 2. The van der Waals surface area contributed by atoms with Crippen molar-refractivity contribution in [3.05, 3.63) is 68.2 Å². The molecule has 2 aromatic carbocycles. The fourth-order valence-electron chi connectivity index (χ4n) is 1.90. The zero-order valence-electron chi connectivity index (χ0n) is 10.7. The van der Waals surface area contributed by atoms with Gasteiger partial charge in [-0.05, 0) is 29.8 Å². The molecule has 4 nitrogen and oxygen atoms in total. The average molecular weight is 317 g/mol. The Balaban J connectivity index is 1.92. The van der Waals surface area contributed by atoms with Crippen molar-refractivity contribution in [1.29, 1.82) is 0 Å². The summed E-state index contributed by atoms with van der Waals surface area (Å²) in [6.07, 6.45) is 3.64. The molecule has 0 N–H and O–H groups in total. The van der Waals surface area contributed by atoms with E-state index in [1.54, 1.807) is 23.5 Å². The van der Waals surface area contributed by atoms with Gasteiger partial charge in [-0.25, -0.2) is 4.98 Å². The SMILES string of the molecule is O=[N+]([O-])c1cc(C=Cc2nc3ccccc3s2)ccc1Cl. The number of thiazole rings is 1. The number of aromatic nitrogens is 1. The van der Waals surface area contributed by atoms with Crippen molar-refractivity contribution in [2.45, 2.75) is 0 Å². The lowest BCUT2D eigenvalue weighted by atomic mass is 10.2. The molecule has 0 amide bonds. The molecular formula is C15H9ClN2O2S. The fraction of sp³-hybridized carbons (Fsp3) is 0. The first-order valence-electron chi connectivity index (χ1n) is 6.11. The minimum Gasteiger partial charge on any atom is -0.258 e. The molecule has 21 heavy (non-hydrogen) atoms. The first-order chi connectivity index (χ1) is 10.1. The van der Waals surface area contributed by atoms with Gasteiger partial charge < -0.3 is 0 Å². The van der Waals surface area contributed by atoms with Crippen molar-refractivity contribution in [2.24, 2.45) is 0 Å². The Labute approximate surface area is 129 Å². The van der Waals surface area contributed by atoms with Gasteiger partial charge in [0.1, 0.15) is 10.0 Å². The van der Waals surface area contributed by atoms with Gasteiger partial charge in [-0.15, -0.1) is 11.3 Å². The maximum atomic E-state index is 10.9. The van der Waals surface area contributed by atoms with E-state index in [0.29, 0.717) is 5.56 Å². The third-order valence-electron chi connectivity index (χ3n) is 2.90. The molecule has 0 fully saturated rings. The Kier molecular flexibility index (Phi) is 3.68. The van der Waals surface area contributed by atoms with Gasteiger partial charge in [0.05, 0.1) is 15.1 Å². The van der Waals surface area contributed by atoms with E-state index in [-0.39, 0.29) is 10.7 Å². The quantitative estimate of drug-likeness (QED) is 0.503. The highest BCUT2D eigenvalue weighted by Gasteiger charge is 2.11. The zero-order chi connectivity index (χ0) is 14.8. The predicted molar refractivity (Wildman–Crippen MR) is 86.7 cm³/mol. The molecule has 0 atom stereocenters. The average Bonchev–Trinajstić information content (AvgIpc) is 2.89. The summed E-state index contributed by atoms with van der Waals surface area (Å²) in [6.45, 7) is 0. The van der Waals surface area contributed by atoms with Crippen LogP contribution in [0.25, 0.3) is 22.4 Å². The molecule has 0 aliphatic heterocycles. The van der Waals surface area contributed by atoms with Crippen LogP contribution in [0.1, 0.15) is 10.6 Å². The molecule has 0 unspecified atom stereocenters. The molecule has 6 heteroatoms. The summed E-state index contributed by atoms with van der Waals surface area (Å²) in [5, 5.41) is 11.8. The molecule has 3 aromatic rings. The molecule has 104 valence electrons. The predicted octanol–water partition coefficient (Wildman–Crippen LogP) is 5.03. The molecule has 3 rings (SSSR count). The molecule has 0 bridgehead atoms. The maximum Gasteiger partial charge on any atom is 0.288 e. The summed E-state index contributed by atoms with van der Waals surface area (Å²) in [4.78, 5) is 14.8. The fourth-order valence-corrected chi connectivity index (χ4v) is 2.96. The third-order valence-corrected chi connectivity index (χ3v) is 4.22.